The highest BCUT2D eigenvalue weighted by molar-refractivity contribution is 7.89. The van der Waals surface area contributed by atoms with E-state index in [-0.39, 0.29) is 11.9 Å². The van der Waals surface area contributed by atoms with Gasteiger partial charge in [-0.3, -0.25) is 0 Å². The van der Waals surface area contributed by atoms with Gasteiger partial charge in [-0.15, -0.1) is 0 Å². The van der Waals surface area contributed by atoms with Crippen molar-refractivity contribution in [2.75, 3.05) is 31.9 Å². The van der Waals surface area contributed by atoms with Gasteiger partial charge in [0.25, 0.3) is 0 Å². The molecule has 2 N–H and O–H groups in total. The predicted molar refractivity (Wildman–Crippen MR) is 68.1 cm³/mol. The lowest BCUT2D eigenvalue weighted by molar-refractivity contribution is 0.191. The average molecular weight is 263 g/mol. The summed E-state index contributed by atoms with van der Waals surface area (Å²) in [6, 6.07) is 0. The Morgan fingerprint density at radius 1 is 1.41 bits per heavy atom. The van der Waals surface area contributed by atoms with Crippen molar-refractivity contribution in [2.24, 2.45) is 0 Å². The van der Waals surface area contributed by atoms with Crippen LogP contribution in [0.3, 0.4) is 0 Å². The molecule has 1 fully saturated rings. The maximum atomic E-state index is 11.9. The van der Waals surface area contributed by atoms with Crippen molar-refractivity contribution >= 4 is 10.0 Å². The van der Waals surface area contributed by atoms with E-state index >= 15 is 0 Å². The van der Waals surface area contributed by atoms with Crippen LogP contribution < -0.4 is 5.32 Å². The molecule has 1 radical (unpaired) electrons. The van der Waals surface area contributed by atoms with Crippen LogP contribution in [0.5, 0.6) is 0 Å². The molecule has 0 amide bonds. The number of aliphatic hydroxyl groups is 1. The van der Waals surface area contributed by atoms with Crippen LogP contribution in [0.15, 0.2) is 0 Å². The molecular formula is C11H23N2O3S. The maximum absolute atomic E-state index is 11.9. The molecule has 1 rings (SSSR count). The van der Waals surface area contributed by atoms with Crippen molar-refractivity contribution in [3.05, 3.63) is 6.42 Å². The maximum Gasteiger partial charge on any atom is 0.214 e. The zero-order valence-electron chi connectivity index (χ0n) is 10.4. The van der Waals surface area contributed by atoms with Crippen LogP contribution in [0, 0.1) is 6.42 Å². The summed E-state index contributed by atoms with van der Waals surface area (Å²) in [5.41, 5.74) is 0. The monoisotopic (exact) mass is 263 g/mol. The Labute approximate surface area is 104 Å². The first-order valence-electron chi connectivity index (χ1n) is 6.20. The molecule has 1 saturated heterocycles. The molecule has 1 aliphatic rings. The van der Waals surface area contributed by atoms with Crippen molar-refractivity contribution in [1.82, 2.24) is 9.62 Å². The molecule has 0 saturated carbocycles. The molecule has 17 heavy (non-hydrogen) atoms. The largest absolute Gasteiger partial charge is 0.392 e. The number of hydrogen-bond donors (Lipinski definition) is 2. The van der Waals surface area contributed by atoms with Gasteiger partial charge in [0.05, 0.1) is 11.9 Å². The Bertz CT molecular complexity index is 298. The Kier molecular flexibility index (Phi) is 6.40. The summed E-state index contributed by atoms with van der Waals surface area (Å²) in [5, 5.41) is 12.0. The Hall–Kier alpha value is -0.170. The number of nitrogens with zero attached hydrogens (tertiary/aromatic N) is 1. The van der Waals surface area contributed by atoms with Gasteiger partial charge < -0.3 is 10.4 Å². The van der Waals surface area contributed by atoms with Crippen molar-refractivity contribution in [3.8, 4) is 0 Å². The van der Waals surface area contributed by atoms with Gasteiger partial charge in [-0.2, -0.15) is 0 Å². The number of piperidine rings is 1. The van der Waals surface area contributed by atoms with E-state index in [0.29, 0.717) is 32.6 Å². The number of hydrogen-bond acceptors (Lipinski definition) is 4. The van der Waals surface area contributed by atoms with Gasteiger partial charge in [0.15, 0.2) is 0 Å². The van der Waals surface area contributed by atoms with Gasteiger partial charge in [-0.1, -0.05) is 0 Å². The summed E-state index contributed by atoms with van der Waals surface area (Å²) < 4.78 is 25.4. The molecule has 1 heterocycles. The molecule has 0 bridgehead atoms. The highest BCUT2D eigenvalue weighted by Gasteiger charge is 2.22. The molecule has 0 spiro atoms. The van der Waals surface area contributed by atoms with E-state index in [1.54, 1.807) is 11.2 Å². The predicted octanol–water partition coefficient (Wildman–Crippen LogP) is -0.0232. The first kappa shape index (κ1) is 14.9. The highest BCUT2D eigenvalue weighted by Crippen LogP contribution is 2.13. The Morgan fingerprint density at radius 2 is 2.06 bits per heavy atom. The van der Waals surface area contributed by atoms with Gasteiger partial charge in [-0.25, -0.2) is 12.7 Å². The second-order valence-corrected chi connectivity index (χ2v) is 6.58. The van der Waals surface area contributed by atoms with Gasteiger partial charge in [0.1, 0.15) is 0 Å². The molecular weight excluding hydrogens is 240 g/mol. The molecule has 1 unspecified atom stereocenters. The molecule has 1 aliphatic heterocycles. The number of rotatable bonds is 7. The van der Waals surface area contributed by atoms with Crippen LogP contribution in [0.4, 0.5) is 0 Å². The van der Waals surface area contributed by atoms with E-state index in [9.17, 15) is 8.42 Å². The van der Waals surface area contributed by atoms with E-state index in [4.69, 9.17) is 5.11 Å². The lowest BCUT2D eigenvalue weighted by Gasteiger charge is -2.25. The Balaban J connectivity index is 2.20. The summed E-state index contributed by atoms with van der Waals surface area (Å²) >= 11 is 0. The highest BCUT2D eigenvalue weighted by atomic mass is 32.2. The van der Waals surface area contributed by atoms with Crippen molar-refractivity contribution < 1.29 is 13.5 Å². The molecule has 6 heteroatoms. The number of aliphatic hydroxyl groups excluding tert-OH is 1. The first-order chi connectivity index (χ1) is 8.02. The van der Waals surface area contributed by atoms with Gasteiger partial charge in [-0.05, 0) is 39.2 Å². The summed E-state index contributed by atoms with van der Waals surface area (Å²) in [6.45, 7) is 4.10. The quantitative estimate of drug-likeness (QED) is 0.633. The molecule has 0 aromatic heterocycles. The van der Waals surface area contributed by atoms with E-state index in [0.717, 1.165) is 12.8 Å². The summed E-state index contributed by atoms with van der Waals surface area (Å²) in [5.74, 6) is 0.194. The Morgan fingerprint density at radius 3 is 2.65 bits per heavy atom. The minimum atomic E-state index is -3.07. The second-order valence-electron chi connectivity index (χ2n) is 4.49. The third-order valence-electron chi connectivity index (χ3n) is 2.75. The third-order valence-corrected chi connectivity index (χ3v) is 4.71. The van der Waals surface area contributed by atoms with Gasteiger partial charge in [0, 0.05) is 19.6 Å². The second kappa shape index (κ2) is 7.31. The fraction of sp³-hybridized carbons (Fsp3) is 0.909. The zero-order valence-corrected chi connectivity index (χ0v) is 11.2. The average Bonchev–Trinajstić information content (AvgIpc) is 2.29. The third kappa shape index (κ3) is 5.81. The van der Waals surface area contributed by atoms with Crippen LogP contribution >= 0.6 is 0 Å². The van der Waals surface area contributed by atoms with Crippen LogP contribution in [-0.4, -0.2) is 55.9 Å². The molecule has 101 valence electrons. The minimum Gasteiger partial charge on any atom is -0.392 e. The molecule has 1 atom stereocenters. The fourth-order valence-corrected chi connectivity index (χ4v) is 3.36. The van der Waals surface area contributed by atoms with E-state index < -0.39 is 10.0 Å². The van der Waals surface area contributed by atoms with Crippen molar-refractivity contribution in [2.45, 2.75) is 32.3 Å². The van der Waals surface area contributed by atoms with E-state index in [1.165, 1.54) is 0 Å². The van der Waals surface area contributed by atoms with Crippen LogP contribution in [0.1, 0.15) is 26.2 Å². The first-order valence-corrected chi connectivity index (χ1v) is 7.81. The van der Waals surface area contributed by atoms with Crippen molar-refractivity contribution in [3.63, 3.8) is 0 Å². The van der Waals surface area contributed by atoms with E-state index in [2.05, 4.69) is 11.7 Å². The normalized spacial score (nSPS) is 20.4. The number of sulfonamides is 1. The number of nitrogens with one attached hydrogen (secondary N) is 1. The van der Waals surface area contributed by atoms with Gasteiger partial charge in [0.2, 0.25) is 10.0 Å². The SMILES string of the molecule is CC(O)CNCCCS(=O)(=O)N1CC[CH]CC1. The topological polar surface area (TPSA) is 69.6 Å². The summed E-state index contributed by atoms with van der Waals surface area (Å²) in [4.78, 5) is 0. The molecule has 5 nitrogen and oxygen atoms in total. The smallest absolute Gasteiger partial charge is 0.214 e. The molecule has 0 aromatic rings. The lowest BCUT2D eigenvalue weighted by Crippen LogP contribution is -2.38. The summed E-state index contributed by atoms with van der Waals surface area (Å²) in [6.07, 6.45) is 4.06. The minimum absolute atomic E-state index is 0.194. The zero-order chi connectivity index (χ0) is 12.7. The van der Waals surface area contributed by atoms with E-state index in [1.807, 2.05) is 0 Å². The lowest BCUT2D eigenvalue weighted by atomic mass is 10.2. The van der Waals surface area contributed by atoms with Gasteiger partial charge >= 0.3 is 0 Å². The summed E-state index contributed by atoms with van der Waals surface area (Å²) in [7, 11) is -3.07. The van der Waals surface area contributed by atoms with Crippen LogP contribution in [0.25, 0.3) is 0 Å². The molecule has 0 aliphatic carbocycles. The van der Waals surface area contributed by atoms with Crippen LogP contribution in [0.2, 0.25) is 0 Å². The molecule has 0 aromatic carbocycles. The van der Waals surface area contributed by atoms with Crippen LogP contribution in [-0.2, 0) is 10.0 Å². The standard InChI is InChI=1S/C11H23N2O3S/c1-11(14)10-12-6-5-9-17(15,16)13-7-3-2-4-8-13/h2,11-12,14H,3-10H2,1H3. The fourth-order valence-electron chi connectivity index (χ4n) is 1.82. The van der Waals surface area contributed by atoms with Crippen molar-refractivity contribution in [1.29, 1.82) is 0 Å².